The third-order valence-electron chi connectivity index (χ3n) is 2.37. The molecule has 0 saturated carbocycles. The van der Waals surface area contributed by atoms with E-state index in [4.69, 9.17) is 0 Å². The molecule has 6 heteroatoms. The van der Waals surface area contributed by atoms with Crippen molar-refractivity contribution in [3.8, 4) is 0 Å². The molecule has 0 aromatic carbocycles. The molecule has 1 aliphatic heterocycles. The Morgan fingerprint density at radius 3 is 2.52 bits per heavy atom. The SMILES string of the molecule is C=C/C=C(\[C-]=CC)C(=O)N[C@H]1CCC(=O)NC1=O.CC.[W]. The van der Waals surface area contributed by atoms with E-state index in [1.807, 2.05) is 13.8 Å². The van der Waals surface area contributed by atoms with Crippen LogP contribution in [-0.2, 0) is 35.4 Å². The van der Waals surface area contributed by atoms with Crippen LogP contribution in [0.3, 0.4) is 0 Å². The standard InChI is InChI=1S/C13H15N2O3.C2H6.W/c1-3-5-9(6-4-2)12(17)14-10-7-8-11(16)15-13(10)18;1-2;/h3-5,10H,1,7-8H2,2H3,(H,14,17)(H,15,16,18);1-2H3;/q-1;;/b9-5+;;/t10-;;/m0../s1. The molecule has 1 heterocycles. The topological polar surface area (TPSA) is 75.3 Å². The summed E-state index contributed by atoms with van der Waals surface area (Å²) in [5, 5.41) is 4.73. The first-order valence-corrected chi connectivity index (χ1v) is 6.60. The van der Waals surface area contributed by atoms with Crippen LogP contribution >= 0.6 is 0 Å². The van der Waals surface area contributed by atoms with E-state index in [-0.39, 0.29) is 39.0 Å². The van der Waals surface area contributed by atoms with E-state index in [0.29, 0.717) is 6.42 Å². The number of rotatable bonds is 4. The second-order valence-electron chi connectivity index (χ2n) is 3.73. The summed E-state index contributed by atoms with van der Waals surface area (Å²) in [6.07, 6.45) is 7.86. The molecule has 21 heavy (non-hydrogen) atoms. The summed E-state index contributed by atoms with van der Waals surface area (Å²) < 4.78 is 0. The second-order valence-corrected chi connectivity index (χ2v) is 3.73. The summed E-state index contributed by atoms with van der Waals surface area (Å²) in [6, 6.07) is -0.679. The van der Waals surface area contributed by atoms with Gasteiger partial charge in [0.1, 0.15) is 5.91 Å². The Kier molecular flexibility index (Phi) is 12.7. The molecule has 0 spiro atoms. The van der Waals surface area contributed by atoms with Gasteiger partial charge in [-0.15, -0.1) is 24.3 Å². The Hall–Kier alpha value is -1.48. The first-order chi connectivity index (χ1) is 9.58. The molecule has 1 atom stereocenters. The van der Waals surface area contributed by atoms with E-state index >= 15 is 0 Å². The summed E-state index contributed by atoms with van der Waals surface area (Å²) in [4.78, 5) is 34.3. The normalized spacial score (nSPS) is 18.0. The van der Waals surface area contributed by atoms with Crippen molar-refractivity contribution in [3.63, 3.8) is 0 Å². The minimum absolute atomic E-state index is 0. The molecule has 2 N–H and O–H groups in total. The average molecular weight is 461 g/mol. The largest absolute Gasteiger partial charge is 0.394 e. The third-order valence-corrected chi connectivity index (χ3v) is 2.37. The predicted octanol–water partition coefficient (Wildman–Crippen LogP) is 1.42. The van der Waals surface area contributed by atoms with Crippen LogP contribution in [0.15, 0.2) is 30.4 Å². The van der Waals surface area contributed by atoms with Gasteiger partial charge in [0, 0.05) is 27.5 Å². The molecule has 1 rings (SSSR count). The molecule has 0 unspecified atom stereocenters. The number of amides is 3. The van der Waals surface area contributed by atoms with Gasteiger partial charge < -0.3 is 10.1 Å². The summed E-state index contributed by atoms with van der Waals surface area (Å²) in [5.74, 6) is -1.20. The molecule has 116 valence electrons. The van der Waals surface area contributed by atoms with Gasteiger partial charge in [0.2, 0.25) is 11.8 Å². The molecular formula is C15H21N2O3W-. The van der Waals surface area contributed by atoms with Gasteiger partial charge in [-0.3, -0.25) is 14.9 Å². The van der Waals surface area contributed by atoms with Gasteiger partial charge >= 0.3 is 0 Å². The molecule has 0 aliphatic carbocycles. The molecule has 0 aromatic heterocycles. The summed E-state index contributed by atoms with van der Waals surface area (Å²) in [7, 11) is 0. The van der Waals surface area contributed by atoms with E-state index in [1.165, 1.54) is 12.2 Å². The second kappa shape index (κ2) is 12.3. The number of carbonyl (C=O) groups is 3. The Morgan fingerprint density at radius 1 is 1.43 bits per heavy atom. The van der Waals surface area contributed by atoms with Crippen LogP contribution in [0.25, 0.3) is 0 Å². The van der Waals surface area contributed by atoms with Gasteiger partial charge in [0.25, 0.3) is 0 Å². The van der Waals surface area contributed by atoms with E-state index in [2.05, 4.69) is 23.3 Å². The van der Waals surface area contributed by atoms with E-state index in [9.17, 15) is 14.4 Å². The maximum atomic E-state index is 11.8. The maximum Gasteiger partial charge on any atom is 0.248 e. The van der Waals surface area contributed by atoms with Crippen molar-refractivity contribution in [1.29, 1.82) is 0 Å². The van der Waals surface area contributed by atoms with Crippen molar-refractivity contribution in [2.75, 3.05) is 0 Å². The molecular weight excluding hydrogens is 440 g/mol. The number of imide groups is 1. The minimum atomic E-state index is -0.679. The molecule has 0 radical (unpaired) electrons. The third kappa shape index (κ3) is 7.76. The first-order valence-electron chi connectivity index (χ1n) is 6.60. The summed E-state index contributed by atoms with van der Waals surface area (Å²) >= 11 is 0. The number of allylic oxidation sites excluding steroid dienone is 3. The van der Waals surface area contributed by atoms with Crippen LogP contribution in [-0.4, -0.2) is 23.8 Å². The van der Waals surface area contributed by atoms with Gasteiger partial charge in [0.05, 0.1) is 6.04 Å². The van der Waals surface area contributed by atoms with Crippen molar-refractivity contribution >= 4 is 17.7 Å². The van der Waals surface area contributed by atoms with Crippen molar-refractivity contribution in [2.24, 2.45) is 0 Å². The molecule has 0 bridgehead atoms. The number of nitrogens with one attached hydrogen (secondary N) is 2. The zero-order valence-corrected chi connectivity index (χ0v) is 15.5. The minimum Gasteiger partial charge on any atom is -0.394 e. The van der Waals surface area contributed by atoms with E-state index in [0.717, 1.165) is 0 Å². The van der Waals surface area contributed by atoms with Gasteiger partial charge in [0.15, 0.2) is 0 Å². The predicted molar refractivity (Wildman–Crippen MR) is 77.4 cm³/mol. The van der Waals surface area contributed by atoms with Crippen LogP contribution in [0.2, 0.25) is 0 Å². The molecule has 3 amide bonds. The van der Waals surface area contributed by atoms with Gasteiger partial charge in [-0.05, 0) is 6.42 Å². The van der Waals surface area contributed by atoms with Crippen LogP contribution in [0.5, 0.6) is 0 Å². The summed E-state index contributed by atoms with van der Waals surface area (Å²) in [5.41, 5.74) is 0.289. The first kappa shape index (κ1) is 21.8. The Bertz CT molecular complexity index is 442. The fraction of sp³-hybridized carbons (Fsp3) is 0.400. The molecule has 1 aliphatic rings. The van der Waals surface area contributed by atoms with E-state index in [1.54, 1.807) is 13.0 Å². The number of carbonyl (C=O) groups excluding carboxylic acids is 3. The molecule has 5 nitrogen and oxygen atoms in total. The molecule has 1 fully saturated rings. The number of hydrogen-bond donors (Lipinski definition) is 2. The van der Waals surface area contributed by atoms with E-state index < -0.39 is 17.9 Å². The van der Waals surface area contributed by atoms with Crippen LogP contribution in [0.4, 0.5) is 0 Å². The monoisotopic (exact) mass is 461 g/mol. The van der Waals surface area contributed by atoms with Crippen molar-refractivity contribution in [2.45, 2.75) is 39.7 Å². The maximum absolute atomic E-state index is 11.8. The van der Waals surface area contributed by atoms with Crippen molar-refractivity contribution in [3.05, 3.63) is 36.5 Å². The Labute approximate surface area is 140 Å². The van der Waals surface area contributed by atoms with Crippen LogP contribution in [0, 0.1) is 6.08 Å². The van der Waals surface area contributed by atoms with Crippen LogP contribution < -0.4 is 10.6 Å². The molecule has 1 saturated heterocycles. The van der Waals surface area contributed by atoms with Crippen molar-refractivity contribution in [1.82, 2.24) is 10.6 Å². The van der Waals surface area contributed by atoms with Gasteiger partial charge in [-0.25, -0.2) is 0 Å². The quantitative estimate of drug-likeness (QED) is 0.288. The average Bonchev–Trinajstić information content (AvgIpc) is 2.44. The zero-order valence-electron chi connectivity index (χ0n) is 12.6. The summed E-state index contributed by atoms with van der Waals surface area (Å²) in [6.45, 7) is 9.23. The zero-order chi connectivity index (χ0) is 15.5. The van der Waals surface area contributed by atoms with Crippen LogP contribution in [0.1, 0.15) is 33.6 Å². The number of piperidine rings is 1. The van der Waals surface area contributed by atoms with Gasteiger partial charge in [-0.2, -0.15) is 12.2 Å². The smallest absolute Gasteiger partial charge is 0.248 e. The fourth-order valence-corrected chi connectivity index (χ4v) is 1.53. The Balaban J connectivity index is 0. The molecule has 0 aromatic rings. The fourth-order valence-electron chi connectivity index (χ4n) is 1.53. The number of hydrogen-bond acceptors (Lipinski definition) is 3. The Morgan fingerprint density at radius 2 is 2.05 bits per heavy atom. The van der Waals surface area contributed by atoms with Gasteiger partial charge in [-0.1, -0.05) is 20.8 Å². The van der Waals surface area contributed by atoms with Crippen molar-refractivity contribution < 1.29 is 35.4 Å².